The summed E-state index contributed by atoms with van der Waals surface area (Å²) in [5, 5.41) is 0. The molecule has 0 unspecified atom stereocenters. The zero-order valence-electron chi connectivity index (χ0n) is 16.4. The Morgan fingerprint density at radius 1 is 1.13 bits per heavy atom. The van der Waals surface area contributed by atoms with Crippen molar-refractivity contribution in [1.82, 2.24) is 4.90 Å². The van der Waals surface area contributed by atoms with Gasteiger partial charge in [-0.2, -0.15) is 0 Å². The molecule has 0 bridgehead atoms. The molecular formula is C22H21F2NO5. The molecule has 8 heteroatoms. The van der Waals surface area contributed by atoms with Crippen molar-refractivity contribution >= 4 is 11.9 Å². The number of esters is 1. The van der Waals surface area contributed by atoms with Gasteiger partial charge in [-0.15, -0.1) is 0 Å². The van der Waals surface area contributed by atoms with E-state index in [2.05, 4.69) is 0 Å². The summed E-state index contributed by atoms with van der Waals surface area (Å²) in [6, 6.07) is 9.38. The Morgan fingerprint density at radius 3 is 2.47 bits per heavy atom. The lowest BCUT2D eigenvalue weighted by molar-refractivity contribution is -0.152. The average molecular weight is 417 g/mol. The number of hydrogen-bond donors (Lipinski definition) is 0. The van der Waals surface area contributed by atoms with Gasteiger partial charge in [-0.25, -0.2) is 13.6 Å². The molecule has 2 heterocycles. The van der Waals surface area contributed by atoms with Gasteiger partial charge in [-0.3, -0.25) is 4.79 Å². The highest BCUT2D eigenvalue weighted by Crippen LogP contribution is 2.35. The van der Waals surface area contributed by atoms with Gasteiger partial charge < -0.3 is 19.1 Å². The number of methoxy groups -OCH3 is 1. The first-order valence-electron chi connectivity index (χ1n) is 9.60. The largest absolute Gasteiger partial charge is 0.467 e. The van der Waals surface area contributed by atoms with Crippen LogP contribution in [0, 0.1) is 11.6 Å². The minimum atomic E-state index is -0.960. The first-order valence-corrected chi connectivity index (χ1v) is 9.60. The maximum atomic E-state index is 14.0. The van der Waals surface area contributed by atoms with Crippen LogP contribution in [0.1, 0.15) is 12.0 Å². The zero-order chi connectivity index (χ0) is 21.3. The van der Waals surface area contributed by atoms with E-state index in [-0.39, 0.29) is 30.9 Å². The van der Waals surface area contributed by atoms with Crippen molar-refractivity contribution < 1.29 is 32.6 Å². The first kappa shape index (κ1) is 20.4. The minimum absolute atomic E-state index is 0.0513. The van der Waals surface area contributed by atoms with Crippen LogP contribution < -0.4 is 0 Å². The average Bonchev–Trinajstić information content (AvgIpc) is 3.35. The fraction of sp³-hybridized carbons (Fsp3) is 0.364. The van der Waals surface area contributed by atoms with Crippen LogP contribution in [0.15, 0.2) is 42.5 Å². The van der Waals surface area contributed by atoms with Crippen molar-refractivity contribution in [2.75, 3.05) is 26.9 Å². The van der Waals surface area contributed by atoms with Crippen LogP contribution in [0.3, 0.4) is 0 Å². The summed E-state index contributed by atoms with van der Waals surface area (Å²) in [6.07, 6.45) is 0.282. The maximum absolute atomic E-state index is 14.0. The topological polar surface area (TPSA) is 65.1 Å². The summed E-state index contributed by atoms with van der Waals surface area (Å²) in [7, 11) is 1.28. The molecule has 2 saturated heterocycles. The third-order valence-corrected chi connectivity index (χ3v) is 5.45. The number of ether oxygens (including phenoxy) is 3. The smallest absolute Gasteiger partial charge is 0.328 e. The van der Waals surface area contributed by atoms with E-state index in [0.717, 1.165) is 6.07 Å². The van der Waals surface area contributed by atoms with E-state index in [1.54, 1.807) is 24.3 Å². The number of rotatable bonds is 4. The molecule has 2 aromatic carbocycles. The summed E-state index contributed by atoms with van der Waals surface area (Å²) >= 11 is 0. The van der Waals surface area contributed by atoms with Crippen LogP contribution in [-0.2, 0) is 30.2 Å². The molecule has 1 amide bonds. The van der Waals surface area contributed by atoms with Crippen LogP contribution in [0.4, 0.5) is 8.78 Å². The molecule has 4 rings (SSSR count). The second-order valence-corrected chi connectivity index (χ2v) is 7.37. The number of carbonyl (C=O) groups excluding carboxylic acids is 2. The fourth-order valence-electron chi connectivity index (χ4n) is 3.96. The molecule has 2 aliphatic heterocycles. The van der Waals surface area contributed by atoms with E-state index >= 15 is 0 Å². The molecule has 0 aromatic heterocycles. The highest BCUT2D eigenvalue weighted by atomic mass is 19.1. The van der Waals surface area contributed by atoms with E-state index in [1.807, 2.05) is 0 Å². The summed E-state index contributed by atoms with van der Waals surface area (Å²) < 4.78 is 43.2. The summed E-state index contributed by atoms with van der Waals surface area (Å²) in [4.78, 5) is 26.6. The van der Waals surface area contributed by atoms with Gasteiger partial charge in [-0.05, 0) is 23.3 Å². The molecule has 0 radical (unpaired) electrons. The Labute approximate surface area is 172 Å². The van der Waals surface area contributed by atoms with Gasteiger partial charge >= 0.3 is 5.97 Å². The van der Waals surface area contributed by atoms with Crippen molar-refractivity contribution in [2.24, 2.45) is 0 Å². The van der Waals surface area contributed by atoms with Gasteiger partial charge in [0.1, 0.15) is 17.7 Å². The fourth-order valence-corrected chi connectivity index (χ4v) is 3.96. The number of carbonyl (C=O) groups is 2. The number of nitrogens with zero attached hydrogens (tertiary/aromatic N) is 1. The summed E-state index contributed by atoms with van der Waals surface area (Å²) in [5.74, 6) is -3.03. The van der Waals surface area contributed by atoms with Gasteiger partial charge in [0.2, 0.25) is 5.91 Å². The van der Waals surface area contributed by atoms with Crippen molar-refractivity contribution in [3.05, 3.63) is 59.7 Å². The minimum Gasteiger partial charge on any atom is -0.467 e. The molecule has 2 fully saturated rings. The van der Waals surface area contributed by atoms with E-state index < -0.39 is 29.4 Å². The van der Waals surface area contributed by atoms with Gasteiger partial charge in [0, 0.05) is 18.1 Å². The molecule has 0 N–H and O–H groups in total. The molecule has 30 heavy (non-hydrogen) atoms. The predicted octanol–water partition coefficient (Wildman–Crippen LogP) is 2.69. The second kappa shape index (κ2) is 8.12. The third-order valence-electron chi connectivity index (χ3n) is 5.45. The van der Waals surface area contributed by atoms with E-state index in [0.29, 0.717) is 24.3 Å². The van der Waals surface area contributed by atoms with E-state index in [4.69, 9.17) is 14.2 Å². The Bertz CT molecular complexity index is 957. The van der Waals surface area contributed by atoms with Gasteiger partial charge in [0.05, 0.1) is 33.3 Å². The quantitative estimate of drug-likeness (QED) is 0.716. The molecule has 1 atom stereocenters. The lowest BCUT2D eigenvalue weighted by Gasteiger charge is -2.23. The summed E-state index contributed by atoms with van der Waals surface area (Å²) in [5.41, 5.74) is 1.55. The van der Waals surface area contributed by atoms with Crippen molar-refractivity contribution in [2.45, 2.75) is 24.7 Å². The monoisotopic (exact) mass is 417 g/mol. The SMILES string of the molecule is COC(=O)[C@@H]1CC2(CN1C(=O)Cc1ccc(-c3ccc(F)cc3F)cc1)OCCO2. The van der Waals surface area contributed by atoms with Gasteiger partial charge in [-0.1, -0.05) is 24.3 Å². The molecule has 0 saturated carbocycles. The van der Waals surface area contributed by atoms with E-state index in [9.17, 15) is 18.4 Å². The lowest BCUT2D eigenvalue weighted by atomic mass is 10.0. The molecule has 158 valence electrons. The highest BCUT2D eigenvalue weighted by molar-refractivity contribution is 5.86. The van der Waals surface area contributed by atoms with Gasteiger partial charge in [0.25, 0.3) is 0 Å². The number of benzene rings is 2. The Morgan fingerprint density at radius 2 is 1.83 bits per heavy atom. The van der Waals surface area contributed by atoms with Crippen LogP contribution in [0.5, 0.6) is 0 Å². The zero-order valence-corrected chi connectivity index (χ0v) is 16.4. The van der Waals surface area contributed by atoms with Crippen molar-refractivity contribution in [1.29, 1.82) is 0 Å². The molecular weight excluding hydrogens is 396 g/mol. The molecule has 6 nitrogen and oxygen atoms in total. The Kier molecular flexibility index (Phi) is 5.53. The number of likely N-dealkylation sites (tertiary alicyclic amines) is 1. The number of halogens is 2. The van der Waals surface area contributed by atoms with E-state index in [1.165, 1.54) is 24.1 Å². The second-order valence-electron chi connectivity index (χ2n) is 7.37. The first-order chi connectivity index (χ1) is 14.4. The molecule has 1 spiro atoms. The highest BCUT2D eigenvalue weighted by Gasteiger charge is 2.52. The Balaban J connectivity index is 1.49. The van der Waals surface area contributed by atoms with Crippen LogP contribution in [-0.4, -0.2) is 55.5 Å². The van der Waals surface area contributed by atoms with Crippen LogP contribution in [0.25, 0.3) is 11.1 Å². The molecule has 0 aliphatic carbocycles. The van der Waals surface area contributed by atoms with Crippen LogP contribution in [0.2, 0.25) is 0 Å². The maximum Gasteiger partial charge on any atom is 0.328 e. The lowest BCUT2D eigenvalue weighted by Crippen LogP contribution is -2.42. The predicted molar refractivity (Wildman–Crippen MR) is 102 cm³/mol. The third kappa shape index (κ3) is 3.93. The Hall–Kier alpha value is -2.84. The van der Waals surface area contributed by atoms with Gasteiger partial charge in [0.15, 0.2) is 5.79 Å². The van der Waals surface area contributed by atoms with Crippen molar-refractivity contribution in [3.8, 4) is 11.1 Å². The summed E-state index contributed by atoms with van der Waals surface area (Å²) in [6.45, 7) is 0.985. The van der Waals surface area contributed by atoms with Crippen molar-refractivity contribution in [3.63, 3.8) is 0 Å². The standard InChI is InChI=1S/C22H21F2NO5/c1-28-21(27)19-12-22(29-8-9-30-22)13-25(19)20(26)10-14-2-4-15(5-3-14)17-7-6-16(23)11-18(17)24/h2-7,11,19H,8-10,12-13H2,1H3/t19-/m0/s1. The van der Waals surface area contributed by atoms with Crippen LogP contribution >= 0.6 is 0 Å². The molecule has 2 aromatic rings. The number of hydrogen-bond acceptors (Lipinski definition) is 5. The normalized spacial score (nSPS) is 20.0. The number of amides is 1. The molecule has 2 aliphatic rings.